The molecule has 0 unspecified atom stereocenters. The molecule has 3 aromatic heterocycles. The van der Waals surface area contributed by atoms with Crippen LogP contribution in [0, 0.1) is 0 Å². The Morgan fingerprint density at radius 2 is 2.29 bits per heavy atom. The highest BCUT2D eigenvalue weighted by Crippen LogP contribution is 2.22. The second-order valence-corrected chi connectivity index (χ2v) is 6.64. The molecule has 10 heteroatoms. The molecule has 2 amide bonds. The molecule has 0 spiro atoms. The van der Waals surface area contributed by atoms with Gasteiger partial charge in [-0.3, -0.25) is 14.7 Å². The molecular formula is C18H21N7O3. The third-order valence-corrected chi connectivity index (χ3v) is 4.77. The highest BCUT2D eigenvalue weighted by molar-refractivity contribution is 5.95. The number of H-pyrrole nitrogens is 1. The third-order valence-electron chi connectivity index (χ3n) is 4.77. The Kier molecular flexibility index (Phi) is 4.92. The van der Waals surface area contributed by atoms with Gasteiger partial charge in [0, 0.05) is 18.7 Å². The van der Waals surface area contributed by atoms with E-state index in [-0.39, 0.29) is 18.4 Å². The first-order chi connectivity index (χ1) is 13.7. The van der Waals surface area contributed by atoms with E-state index in [0.717, 1.165) is 24.2 Å². The van der Waals surface area contributed by atoms with Crippen molar-refractivity contribution in [2.24, 2.45) is 0 Å². The molecule has 0 atom stereocenters. The van der Waals surface area contributed by atoms with Crippen molar-refractivity contribution in [3.63, 3.8) is 0 Å². The van der Waals surface area contributed by atoms with Crippen molar-refractivity contribution < 1.29 is 14.0 Å². The summed E-state index contributed by atoms with van der Waals surface area (Å²) in [5, 5.41) is 17.9. The second-order valence-electron chi connectivity index (χ2n) is 6.64. The number of rotatable bonds is 6. The van der Waals surface area contributed by atoms with Crippen molar-refractivity contribution >= 4 is 11.8 Å². The average Bonchev–Trinajstić information content (AvgIpc) is 3.45. The van der Waals surface area contributed by atoms with Crippen molar-refractivity contribution in [2.45, 2.75) is 39.4 Å². The van der Waals surface area contributed by atoms with E-state index in [2.05, 4.69) is 32.6 Å². The number of carbonyl (C=O) groups excluding carboxylic acids is 2. The second kappa shape index (κ2) is 7.67. The smallest absolute Gasteiger partial charge is 0.272 e. The molecule has 146 valence electrons. The molecule has 4 heterocycles. The van der Waals surface area contributed by atoms with Crippen LogP contribution in [0.25, 0.3) is 0 Å². The Bertz CT molecular complexity index is 973. The number of nitrogens with one attached hydrogen (secondary N) is 2. The molecule has 0 aliphatic carbocycles. The van der Waals surface area contributed by atoms with Gasteiger partial charge >= 0.3 is 0 Å². The zero-order chi connectivity index (χ0) is 19.5. The summed E-state index contributed by atoms with van der Waals surface area (Å²) in [6.45, 7) is 4.05. The summed E-state index contributed by atoms with van der Waals surface area (Å²) >= 11 is 0. The maximum Gasteiger partial charge on any atom is 0.272 e. The van der Waals surface area contributed by atoms with Gasteiger partial charge in [0.25, 0.3) is 11.8 Å². The lowest BCUT2D eigenvalue weighted by molar-refractivity contribution is 0.0731. The minimum Gasteiger partial charge on any atom is -0.472 e. The van der Waals surface area contributed by atoms with Crippen LogP contribution in [-0.2, 0) is 26.1 Å². The van der Waals surface area contributed by atoms with Crippen molar-refractivity contribution in [1.82, 2.24) is 35.2 Å². The van der Waals surface area contributed by atoms with Gasteiger partial charge in [-0.15, -0.1) is 10.2 Å². The lowest BCUT2D eigenvalue weighted by Gasteiger charge is -2.26. The number of aryl methyl sites for hydroxylation is 1. The Labute approximate surface area is 160 Å². The van der Waals surface area contributed by atoms with Crippen molar-refractivity contribution in [3.8, 4) is 0 Å². The van der Waals surface area contributed by atoms with Crippen LogP contribution in [0.1, 0.15) is 51.3 Å². The molecule has 28 heavy (non-hydrogen) atoms. The van der Waals surface area contributed by atoms with Crippen LogP contribution < -0.4 is 5.32 Å². The minimum absolute atomic E-state index is 0.102. The fourth-order valence-corrected chi connectivity index (χ4v) is 3.33. The average molecular weight is 383 g/mol. The van der Waals surface area contributed by atoms with E-state index in [9.17, 15) is 9.59 Å². The highest BCUT2D eigenvalue weighted by Gasteiger charge is 2.28. The lowest BCUT2D eigenvalue weighted by Crippen LogP contribution is -2.36. The summed E-state index contributed by atoms with van der Waals surface area (Å²) < 4.78 is 6.90. The zero-order valence-corrected chi connectivity index (χ0v) is 15.5. The Morgan fingerprint density at radius 3 is 3.07 bits per heavy atom. The molecule has 10 nitrogen and oxygen atoms in total. The van der Waals surface area contributed by atoms with Gasteiger partial charge in [-0.25, -0.2) is 0 Å². The number of aromatic amines is 1. The molecule has 1 aliphatic rings. The number of hydrogen-bond acceptors (Lipinski definition) is 6. The van der Waals surface area contributed by atoms with Gasteiger partial charge in [0.05, 0.1) is 30.6 Å². The summed E-state index contributed by atoms with van der Waals surface area (Å²) in [5.41, 5.74) is 2.51. The van der Waals surface area contributed by atoms with Crippen LogP contribution in [0.2, 0.25) is 0 Å². The van der Waals surface area contributed by atoms with E-state index >= 15 is 0 Å². The fourth-order valence-electron chi connectivity index (χ4n) is 3.33. The maximum absolute atomic E-state index is 12.6. The summed E-state index contributed by atoms with van der Waals surface area (Å²) in [6.07, 6.45) is 6.08. The zero-order valence-electron chi connectivity index (χ0n) is 15.5. The first-order valence-corrected chi connectivity index (χ1v) is 9.19. The minimum atomic E-state index is -0.266. The molecule has 0 saturated heterocycles. The predicted molar refractivity (Wildman–Crippen MR) is 97.2 cm³/mol. The van der Waals surface area contributed by atoms with E-state index in [1.165, 1.54) is 12.5 Å². The Balaban J connectivity index is 1.42. The van der Waals surface area contributed by atoms with Crippen LogP contribution in [0.4, 0.5) is 0 Å². The summed E-state index contributed by atoms with van der Waals surface area (Å²) in [6, 6.07) is 1.64. The van der Waals surface area contributed by atoms with Crippen molar-refractivity contribution in [1.29, 1.82) is 0 Å². The number of nitrogens with zero attached hydrogens (tertiary/aromatic N) is 5. The molecule has 2 N–H and O–H groups in total. The predicted octanol–water partition coefficient (Wildman–Crippen LogP) is 1.13. The van der Waals surface area contributed by atoms with E-state index < -0.39 is 0 Å². The first-order valence-electron chi connectivity index (χ1n) is 9.19. The largest absolute Gasteiger partial charge is 0.472 e. The summed E-state index contributed by atoms with van der Waals surface area (Å²) in [7, 11) is 0. The molecule has 3 aromatic rings. The Hall–Kier alpha value is -3.43. The van der Waals surface area contributed by atoms with Crippen LogP contribution in [0.5, 0.6) is 0 Å². The van der Waals surface area contributed by atoms with E-state index in [1.54, 1.807) is 17.3 Å². The van der Waals surface area contributed by atoms with Crippen LogP contribution in [0.3, 0.4) is 0 Å². The van der Waals surface area contributed by atoms with E-state index in [0.29, 0.717) is 36.6 Å². The monoisotopic (exact) mass is 383 g/mol. The van der Waals surface area contributed by atoms with Gasteiger partial charge in [0.1, 0.15) is 12.6 Å². The lowest BCUT2D eigenvalue weighted by atomic mass is 10.0. The standard InChI is InChI=1S/C18H21N7O3/c1-2-5-25-11-20-22-15(25)8-19-17(26)16-13-3-6-24(9-14(13)21-23-16)18(27)12-4-7-28-10-12/h4,7,10-11H,2-3,5-6,8-9H2,1H3,(H,19,26)(H,21,23). The summed E-state index contributed by atoms with van der Waals surface area (Å²) in [5.74, 6) is 0.338. The van der Waals surface area contributed by atoms with Gasteiger partial charge in [0.2, 0.25) is 0 Å². The van der Waals surface area contributed by atoms with Crippen LogP contribution in [0.15, 0.2) is 29.3 Å². The molecule has 1 aliphatic heterocycles. The molecule has 0 fully saturated rings. The third kappa shape index (κ3) is 3.40. The van der Waals surface area contributed by atoms with Crippen molar-refractivity contribution in [3.05, 3.63) is 53.3 Å². The highest BCUT2D eigenvalue weighted by atomic mass is 16.3. The molecule has 0 radical (unpaired) electrons. The first kappa shape index (κ1) is 18.0. The maximum atomic E-state index is 12.6. The number of fused-ring (bicyclic) bond motifs is 1. The molecule has 4 rings (SSSR count). The molecule has 0 saturated carbocycles. The number of aromatic nitrogens is 5. The normalized spacial score (nSPS) is 13.4. The van der Waals surface area contributed by atoms with Gasteiger partial charge in [0.15, 0.2) is 11.5 Å². The molecular weight excluding hydrogens is 362 g/mol. The number of amides is 2. The van der Waals surface area contributed by atoms with Crippen LogP contribution in [-0.4, -0.2) is 48.2 Å². The molecule has 0 bridgehead atoms. The quantitative estimate of drug-likeness (QED) is 0.658. The number of furan rings is 1. The fraction of sp³-hybridized carbons (Fsp3) is 0.389. The van der Waals surface area contributed by atoms with Gasteiger partial charge in [-0.1, -0.05) is 6.92 Å². The molecule has 0 aromatic carbocycles. The van der Waals surface area contributed by atoms with Gasteiger partial charge in [-0.2, -0.15) is 5.10 Å². The Morgan fingerprint density at radius 1 is 1.39 bits per heavy atom. The van der Waals surface area contributed by atoms with Crippen LogP contribution >= 0.6 is 0 Å². The number of carbonyl (C=O) groups is 2. The SMILES string of the molecule is CCCn1cnnc1CNC(=O)c1n[nH]c2c1CCN(C(=O)c1ccoc1)C2. The summed E-state index contributed by atoms with van der Waals surface area (Å²) in [4.78, 5) is 26.8. The van der Waals surface area contributed by atoms with Gasteiger partial charge < -0.3 is 19.2 Å². The van der Waals surface area contributed by atoms with Gasteiger partial charge in [-0.05, 0) is 18.9 Å². The topological polar surface area (TPSA) is 122 Å². The van der Waals surface area contributed by atoms with Crippen molar-refractivity contribution in [2.75, 3.05) is 6.54 Å². The number of hydrogen-bond donors (Lipinski definition) is 2. The van der Waals surface area contributed by atoms with E-state index in [1.807, 2.05) is 4.57 Å². The van der Waals surface area contributed by atoms with E-state index in [4.69, 9.17) is 4.42 Å².